The van der Waals surface area contributed by atoms with Crippen molar-refractivity contribution in [2.45, 2.75) is 0 Å². The van der Waals surface area contributed by atoms with Gasteiger partial charge in [0.25, 0.3) is 5.91 Å². The van der Waals surface area contributed by atoms with Crippen LogP contribution in [0.1, 0.15) is 10.5 Å². The molecule has 1 aromatic heterocycles. The van der Waals surface area contributed by atoms with Gasteiger partial charge >= 0.3 is 0 Å². The van der Waals surface area contributed by atoms with Gasteiger partial charge in [-0.3, -0.25) is 4.79 Å². The first-order valence-corrected chi connectivity index (χ1v) is 4.27. The third-order valence-electron chi connectivity index (χ3n) is 0.685. The number of amides is 1. The third-order valence-corrected chi connectivity index (χ3v) is 1.27. The number of aromatic nitrogens is 1. The summed E-state index contributed by atoms with van der Waals surface area (Å²) in [6.45, 7) is 0. The number of nitrogens with two attached hydrogens (primary N) is 1. The maximum absolute atomic E-state index is 10.2. The summed E-state index contributed by atoms with van der Waals surface area (Å²) in [4.78, 5) is 13.9. The molecule has 1 aromatic rings. The first kappa shape index (κ1) is 9.45. The zero-order chi connectivity index (χ0) is 7.98. The minimum Gasteiger partial charge on any atom is -0.364 e. The Labute approximate surface area is 68.7 Å². The molecular weight excluding hydrogens is 168 g/mol. The molecule has 0 spiro atoms. The molecule has 0 saturated carbocycles. The molecule has 1 rings (SSSR count). The minimum atomic E-state index is -0.466. The van der Waals surface area contributed by atoms with Crippen LogP contribution in [0.25, 0.3) is 0 Å². The minimum absolute atomic E-state index is 0.343. The average Bonchev–Trinajstić information content (AvgIpc) is 2.42. The molecule has 0 aromatic carbocycles. The number of hydrogen-bond donors (Lipinski definition) is 2. The molecule has 56 valence electrons. The van der Waals surface area contributed by atoms with E-state index in [0.29, 0.717) is 5.69 Å². The lowest BCUT2D eigenvalue weighted by atomic mass is 10.5. The summed E-state index contributed by atoms with van der Waals surface area (Å²) in [5, 5.41) is 1.61. The van der Waals surface area contributed by atoms with E-state index in [0.717, 1.165) is 0 Å². The van der Waals surface area contributed by atoms with E-state index in [9.17, 15) is 4.79 Å². The van der Waals surface area contributed by atoms with E-state index in [1.807, 2.05) is 0 Å². The van der Waals surface area contributed by atoms with Gasteiger partial charge in [0.05, 0.1) is 5.51 Å². The van der Waals surface area contributed by atoms with Crippen LogP contribution in [-0.4, -0.2) is 17.1 Å². The lowest BCUT2D eigenvalue weighted by Gasteiger charge is -1.79. The van der Waals surface area contributed by atoms with Crippen molar-refractivity contribution in [3.8, 4) is 0 Å². The highest BCUT2D eigenvalue weighted by Gasteiger charge is 1.98. The molecule has 1 heterocycles. The van der Waals surface area contributed by atoms with Crippen LogP contribution in [0.2, 0.25) is 0 Å². The van der Waals surface area contributed by atoms with Crippen molar-refractivity contribution in [2.75, 3.05) is 6.26 Å². The van der Waals surface area contributed by atoms with Crippen molar-refractivity contribution in [1.29, 1.82) is 0 Å². The fourth-order valence-corrected chi connectivity index (χ4v) is 0.875. The number of carbonyl (C=O) groups is 1. The fraction of sp³-hybridized carbons (Fsp3) is 0.200. The van der Waals surface area contributed by atoms with Crippen LogP contribution in [0.15, 0.2) is 10.9 Å². The highest BCUT2D eigenvalue weighted by Crippen LogP contribution is 1.97. The fourth-order valence-electron chi connectivity index (χ4n) is 0.334. The van der Waals surface area contributed by atoms with Crippen LogP contribution in [0, 0.1) is 0 Å². The topological polar surface area (TPSA) is 56.0 Å². The van der Waals surface area contributed by atoms with Crippen molar-refractivity contribution in [3.63, 3.8) is 0 Å². The van der Waals surface area contributed by atoms with Gasteiger partial charge in [0.1, 0.15) is 5.69 Å². The monoisotopic (exact) mass is 176 g/mol. The van der Waals surface area contributed by atoms with E-state index in [2.05, 4.69) is 17.6 Å². The van der Waals surface area contributed by atoms with Gasteiger partial charge < -0.3 is 5.73 Å². The zero-order valence-electron chi connectivity index (χ0n) is 5.44. The predicted molar refractivity (Wildman–Crippen MR) is 45.5 cm³/mol. The first-order valence-electron chi connectivity index (χ1n) is 2.43. The summed E-state index contributed by atoms with van der Waals surface area (Å²) >= 11 is 4.88. The van der Waals surface area contributed by atoms with Crippen LogP contribution < -0.4 is 5.73 Å². The normalized spacial score (nSPS) is 7.80. The van der Waals surface area contributed by atoms with Gasteiger partial charge in [-0.05, 0) is 6.26 Å². The number of thiol groups is 1. The Morgan fingerprint density at radius 2 is 2.40 bits per heavy atom. The number of rotatable bonds is 1. The summed E-state index contributed by atoms with van der Waals surface area (Å²) in [6.07, 6.45) is 1.69. The van der Waals surface area contributed by atoms with Gasteiger partial charge in [-0.1, -0.05) is 0 Å². The second-order valence-electron chi connectivity index (χ2n) is 1.24. The SMILES string of the molecule is CS.NC(=O)c1cscn1. The maximum Gasteiger partial charge on any atom is 0.268 e. The first-order chi connectivity index (χ1) is 4.80. The predicted octanol–water partition coefficient (Wildman–Crippen LogP) is 0.788. The van der Waals surface area contributed by atoms with Gasteiger partial charge in [0, 0.05) is 5.38 Å². The molecule has 0 aliphatic heterocycles. The van der Waals surface area contributed by atoms with Crippen LogP contribution in [0.5, 0.6) is 0 Å². The molecule has 2 N–H and O–H groups in total. The molecule has 3 nitrogen and oxygen atoms in total. The van der Waals surface area contributed by atoms with Crippen LogP contribution in [0.4, 0.5) is 0 Å². The molecule has 0 aliphatic rings. The molecule has 1 amide bonds. The summed E-state index contributed by atoms with van der Waals surface area (Å²) < 4.78 is 0. The Kier molecular flexibility index (Phi) is 4.96. The molecule has 0 radical (unpaired) electrons. The van der Waals surface area contributed by atoms with Gasteiger partial charge in [-0.25, -0.2) is 4.98 Å². The van der Waals surface area contributed by atoms with Crippen molar-refractivity contribution >= 4 is 29.9 Å². The summed E-state index contributed by atoms with van der Waals surface area (Å²) in [5.41, 5.74) is 6.78. The molecule has 0 unspecified atom stereocenters. The van der Waals surface area contributed by atoms with Crippen molar-refractivity contribution in [3.05, 3.63) is 16.6 Å². The standard InChI is InChI=1S/C4H4N2OS.CH4S/c5-4(7)3-1-8-2-6-3;1-2/h1-2H,(H2,5,7);2H,1H3. The van der Waals surface area contributed by atoms with Gasteiger partial charge in [-0.15, -0.1) is 11.3 Å². The summed E-state index contributed by atoms with van der Waals surface area (Å²) in [6, 6.07) is 0. The average molecular weight is 176 g/mol. The highest BCUT2D eigenvalue weighted by atomic mass is 32.1. The number of nitrogens with zero attached hydrogens (tertiary/aromatic N) is 1. The third kappa shape index (κ3) is 2.84. The number of hydrogen-bond acceptors (Lipinski definition) is 4. The molecule has 0 bridgehead atoms. The Balaban J connectivity index is 0.000000371. The van der Waals surface area contributed by atoms with E-state index in [-0.39, 0.29) is 0 Å². The smallest absolute Gasteiger partial charge is 0.268 e. The quantitative estimate of drug-likeness (QED) is 0.621. The van der Waals surface area contributed by atoms with Crippen molar-refractivity contribution < 1.29 is 4.79 Å². The lowest BCUT2D eigenvalue weighted by molar-refractivity contribution is 0.0996. The van der Waals surface area contributed by atoms with Gasteiger partial charge in [0.15, 0.2) is 0 Å². The Bertz CT molecular complexity index is 186. The lowest BCUT2D eigenvalue weighted by Crippen LogP contribution is -2.10. The van der Waals surface area contributed by atoms with Gasteiger partial charge in [-0.2, -0.15) is 12.6 Å². The van der Waals surface area contributed by atoms with Crippen LogP contribution in [0.3, 0.4) is 0 Å². The molecule has 0 aliphatic carbocycles. The zero-order valence-corrected chi connectivity index (χ0v) is 7.15. The second kappa shape index (κ2) is 5.25. The Hall–Kier alpha value is -0.550. The van der Waals surface area contributed by atoms with Crippen LogP contribution >= 0.6 is 24.0 Å². The van der Waals surface area contributed by atoms with E-state index in [4.69, 9.17) is 5.73 Å². The number of primary amides is 1. The molecule has 0 saturated heterocycles. The molecule has 0 atom stereocenters. The maximum atomic E-state index is 10.2. The Morgan fingerprint density at radius 3 is 2.60 bits per heavy atom. The molecule has 0 fully saturated rings. The van der Waals surface area contributed by atoms with E-state index in [1.54, 1.807) is 17.1 Å². The molecular formula is C5H8N2OS2. The van der Waals surface area contributed by atoms with Crippen molar-refractivity contribution in [1.82, 2.24) is 4.98 Å². The molecule has 10 heavy (non-hydrogen) atoms. The van der Waals surface area contributed by atoms with Crippen LogP contribution in [-0.2, 0) is 0 Å². The van der Waals surface area contributed by atoms with E-state index >= 15 is 0 Å². The number of carbonyl (C=O) groups excluding carboxylic acids is 1. The largest absolute Gasteiger partial charge is 0.364 e. The Morgan fingerprint density at radius 1 is 1.80 bits per heavy atom. The number of thiazole rings is 1. The molecule has 5 heteroatoms. The highest BCUT2D eigenvalue weighted by molar-refractivity contribution is 7.79. The van der Waals surface area contributed by atoms with E-state index in [1.165, 1.54) is 11.3 Å². The summed E-state index contributed by atoms with van der Waals surface area (Å²) in [7, 11) is 0. The van der Waals surface area contributed by atoms with Gasteiger partial charge in [0.2, 0.25) is 0 Å². The van der Waals surface area contributed by atoms with E-state index < -0.39 is 5.91 Å². The summed E-state index contributed by atoms with van der Waals surface area (Å²) in [5.74, 6) is -0.466. The second-order valence-corrected chi connectivity index (χ2v) is 1.96. The van der Waals surface area contributed by atoms with Crippen molar-refractivity contribution in [2.24, 2.45) is 5.73 Å².